The minimum absolute atomic E-state index is 0.144. The van der Waals surface area contributed by atoms with E-state index in [1.807, 2.05) is 55.6 Å². The second-order valence-corrected chi connectivity index (χ2v) is 9.01. The van der Waals surface area contributed by atoms with Crippen molar-refractivity contribution in [2.24, 2.45) is 0 Å². The lowest BCUT2D eigenvalue weighted by atomic mass is 9.90. The zero-order valence-corrected chi connectivity index (χ0v) is 20.5. The van der Waals surface area contributed by atoms with Gasteiger partial charge in [-0.2, -0.15) is 4.68 Å². The summed E-state index contributed by atoms with van der Waals surface area (Å²) in [4.78, 5) is 14.9. The maximum atomic E-state index is 12.7. The van der Waals surface area contributed by atoms with Crippen molar-refractivity contribution in [3.63, 3.8) is 0 Å². The molecule has 1 atom stereocenters. The third-order valence-electron chi connectivity index (χ3n) is 6.80. The fourth-order valence-corrected chi connectivity index (χ4v) is 4.94. The van der Waals surface area contributed by atoms with E-state index in [2.05, 4.69) is 25.7 Å². The highest BCUT2D eigenvalue weighted by Crippen LogP contribution is 2.50. The first kappa shape index (κ1) is 23.0. The predicted molar refractivity (Wildman–Crippen MR) is 134 cm³/mol. The molecule has 0 saturated carbocycles. The molecular weight excluding hydrogens is 472 g/mol. The Balaban J connectivity index is 1.30. The van der Waals surface area contributed by atoms with Crippen LogP contribution in [0.2, 0.25) is 0 Å². The molecule has 0 bridgehead atoms. The molecular formula is C27H26N6O4. The first-order chi connectivity index (χ1) is 18.1. The van der Waals surface area contributed by atoms with Crippen LogP contribution in [0.15, 0.2) is 60.7 Å². The van der Waals surface area contributed by atoms with Gasteiger partial charge in [0.15, 0.2) is 17.3 Å². The Kier molecular flexibility index (Phi) is 5.93. The zero-order chi connectivity index (χ0) is 25.4. The lowest BCUT2D eigenvalue weighted by Gasteiger charge is -2.34. The molecule has 10 heteroatoms. The van der Waals surface area contributed by atoms with Crippen molar-refractivity contribution in [3.8, 4) is 22.9 Å². The summed E-state index contributed by atoms with van der Waals surface area (Å²) in [6.45, 7) is 1.44. The number of nitrogens with one attached hydrogen (secondary N) is 1. The van der Waals surface area contributed by atoms with Crippen LogP contribution >= 0.6 is 0 Å². The minimum Gasteiger partial charge on any atom is -0.492 e. The Morgan fingerprint density at radius 1 is 1.14 bits per heavy atom. The van der Waals surface area contributed by atoms with Crippen molar-refractivity contribution in [3.05, 3.63) is 88.7 Å². The number of methoxy groups -OCH3 is 1. The van der Waals surface area contributed by atoms with E-state index >= 15 is 0 Å². The molecule has 0 unspecified atom stereocenters. The maximum Gasteiger partial charge on any atom is 0.251 e. The van der Waals surface area contributed by atoms with Gasteiger partial charge in [0, 0.05) is 24.2 Å². The molecule has 0 radical (unpaired) electrons. The van der Waals surface area contributed by atoms with Crippen molar-refractivity contribution in [1.29, 1.82) is 0 Å². The number of rotatable bonds is 6. The maximum absolute atomic E-state index is 12.7. The Hall–Kier alpha value is -4.44. The van der Waals surface area contributed by atoms with Gasteiger partial charge in [0.25, 0.3) is 5.91 Å². The number of hydrogen-bond acceptors (Lipinski definition) is 8. The smallest absolute Gasteiger partial charge is 0.251 e. The molecule has 4 aromatic rings. The first-order valence-corrected chi connectivity index (χ1v) is 12.0. The number of hydrogen-bond donors (Lipinski definition) is 1. The van der Waals surface area contributed by atoms with Crippen molar-refractivity contribution in [2.75, 3.05) is 27.5 Å². The molecule has 37 heavy (non-hydrogen) atoms. The molecule has 3 aromatic carbocycles. The third-order valence-corrected chi connectivity index (χ3v) is 6.80. The van der Waals surface area contributed by atoms with Gasteiger partial charge in [-0.15, -0.1) is 5.10 Å². The van der Waals surface area contributed by atoms with Crippen LogP contribution in [0, 0.1) is 0 Å². The number of benzene rings is 3. The third kappa shape index (κ3) is 4.15. The highest BCUT2D eigenvalue weighted by atomic mass is 16.7. The quantitative estimate of drug-likeness (QED) is 0.433. The standard InChI is InChI=1S/C27H26N6O4/c1-32-13-12-19-14-21-24(37-16-36-21)25(35-2)22(19)23(32)26-29-30-31-33(26)20-10-8-18(9-11-20)27(34)28-15-17-6-4-3-5-7-17/h3-11,14,23H,12-13,15-16H2,1-2H3,(H,28,34)/t23-/m0/s1. The van der Waals surface area contributed by atoms with Crippen LogP contribution in [0.25, 0.3) is 5.69 Å². The molecule has 3 heterocycles. The molecule has 1 N–H and O–H groups in total. The van der Waals surface area contributed by atoms with Crippen molar-refractivity contribution >= 4 is 5.91 Å². The van der Waals surface area contributed by atoms with Crippen LogP contribution in [0.3, 0.4) is 0 Å². The summed E-state index contributed by atoms with van der Waals surface area (Å²) in [5, 5.41) is 15.6. The average molecular weight is 499 g/mol. The van der Waals surface area contributed by atoms with Gasteiger partial charge in [-0.25, -0.2) is 0 Å². The van der Waals surface area contributed by atoms with Crippen molar-refractivity contribution in [1.82, 2.24) is 30.4 Å². The number of fused-ring (bicyclic) bond motifs is 2. The summed E-state index contributed by atoms with van der Waals surface area (Å²) < 4.78 is 18.9. The van der Waals surface area contributed by atoms with Gasteiger partial charge in [-0.3, -0.25) is 9.69 Å². The van der Waals surface area contributed by atoms with Crippen LogP contribution < -0.4 is 19.5 Å². The van der Waals surface area contributed by atoms with Gasteiger partial charge in [0.2, 0.25) is 12.5 Å². The zero-order valence-electron chi connectivity index (χ0n) is 20.5. The fraction of sp³-hybridized carbons (Fsp3) is 0.259. The predicted octanol–water partition coefficient (Wildman–Crippen LogP) is 2.91. The first-order valence-electron chi connectivity index (χ1n) is 12.0. The molecule has 10 nitrogen and oxygen atoms in total. The number of tetrazole rings is 1. The number of carbonyl (C=O) groups is 1. The minimum atomic E-state index is -0.267. The number of carbonyl (C=O) groups excluding carboxylic acids is 1. The number of aromatic nitrogens is 4. The molecule has 0 aliphatic carbocycles. The summed E-state index contributed by atoms with van der Waals surface area (Å²) in [7, 11) is 3.67. The second-order valence-electron chi connectivity index (χ2n) is 9.01. The largest absolute Gasteiger partial charge is 0.492 e. The van der Waals surface area contributed by atoms with E-state index in [0.29, 0.717) is 35.2 Å². The molecule has 1 aromatic heterocycles. The number of ether oxygens (including phenoxy) is 3. The van der Waals surface area contributed by atoms with E-state index < -0.39 is 0 Å². The van der Waals surface area contributed by atoms with Gasteiger partial charge in [0.05, 0.1) is 12.8 Å². The van der Waals surface area contributed by atoms with Gasteiger partial charge in [-0.05, 0) is 65.4 Å². The van der Waals surface area contributed by atoms with Crippen molar-refractivity contribution in [2.45, 2.75) is 19.0 Å². The van der Waals surface area contributed by atoms with Gasteiger partial charge in [-0.1, -0.05) is 30.3 Å². The summed E-state index contributed by atoms with van der Waals surface area (Å²) in [6.07, 6.45) is 0.837. The Morgan fingerprint density at radius 2 is 1.95 bits per heavy atom. The Labute approximate surface area is 213 Å². The van der Waals surface area contributed by atoms with Crippen molar-refractivity contribution < 1.29 is 19.0 Å². The highest BCUT2D eigenvalue weighted by molar-refractivity contribution is 5.94. The molecule has 188 valence electrons. The molecule has 6 rings (SSSR count). The normalized spacial score (nSPS) is 16.3. The number of amides is 1. The van der Waals surface area contributed by atoms with Crippen LogP contribution in [0.4, 0.5) is 0 Å². The molecule has 2 aliphatic heterocycles. The average Bonchev–Trinajstić information content (AvgIpc) is 3.61. The van der Waals surface area contributed by atoms with Gasteiger partial charge in [0.1, 0.15) is 6.04 Å². The van der Waals surface area contributed by atoms with Gasteiger partial charge < -0.3 is 19.5 Å². The van der Waals surface area contributed by atoms with E-state index in [-0.39, 0.29) is 18.7 Å². The highest BCUT2D eigenvalue weighted by Gasteiger charge is 2.37. The summed E-state index contributed by atoms with van der Waals surface area (Å²) >= 11 is 0. The molecule has 0 fully saturated rings. The molecule has 0 saturated heterocycles. The van der Waals surface area contributed by atoms with Crippen LogP contribution in [0.5, 0.6) is 17.2 Å². The summed E-state index contributed by atoms with van der Waals surface area (Å²) in [5.41, 5.74) is 4.43. The monoisotopic (exact) mass is 498 g/mol. The topological polar surface area (TPSA) is 104 Å². The van der Waals surface area contributed by atoms with Gasteiger partial charge >= 0.3 is 0 Å². The van der Waals surface area contributed by atoms with E-state index in [1.165, 1.54) is 0 Å². The molecule has 0 spiro atoms. The van der Waals surface area contributed by atoms with E-state index in [4.69, 9.17) is 14.2 Å². The summed E-state index contributed by atoms with van der Waals surface area (Å²) in [5.74, 6) is 2.43. The van der Waals surface area contributed by atoms with E-state index in [9.17, 15) is 4.79 Å². The summed E-state index contributed by atoms with van der Waals surface area (Å²) in [6, 6.07) is 18.8. The molecule has 2 aliphatic rings. The lowest BCUT2D eigenvalue weighted by molar-refractivity contribution is 0.0951. The second kappa shape index (κ2) is 9.55. The SMILES string of the molecule is COc1c2c(cc3c1[C@@H](c1nnnn1-c1ccc(C(=O)NCc4ccccc4)cc1)N(C)CC3)OCO2. The van der Waals surface area contributed by atoms with Crippen LogP contribution in [-0.4, -0.2) is 58.5 Å². The Morgan fingerprint density at radius 3 is 2.73 bits per heavy atom. The van der Waals surface area contributed by atoms with Crippen LogP contribution in [0.1, 0.15) is 38.9 Å². The lowest BCUT2D eigenvalue weighted by Crippen LogP contribution is -2.35. The molecule has 1 amide bonds. The fourth-order valence-electron chi connectivity index (χ4n) is 4.94. The van der Waals surface area contributed by atoms with E-state index in [0.717, 1.165) is 35.3 Å². The van der Waals surface area contributed by atoms with Crippen LogP contribution in [-0.2, 0) is 13.0 Å². The van der Waals surface area contributed by atoms with E-state index in [1.54, 1.807) is 23.9 Å². The number of nitrogens with zero attached hydrogens (tertiary/aromatic N) is 5. The number of likely N-dealkylation sites (N-methyl/N-ethyl adjacent to an activating group) is 1. The Bertz CT molecular complexity index is 1440.